The fraction of sp³-hybridized carbons (Fsp3) is 0.458. The van der Waals surface area contributed by atoms with Crippen molar-refractivity contribution in [3.63, 3.8) is 0 Å². The third kappa shape index (κ3) is 9.26. The molecule has 0 saturated carbocycles. The van der Waals surface area contributed by atoms with Gasteiger partial charge in [0.05, 0.1) is 18.1 Å². The summed E-state index contributed by atoms with van der Waals surface area (Å²) in [5.74, 6) is 0.793. The normalized spacial score (nSPS) is 14.4. The van der Waals surface area contributed by atoms with Gasteiger partial charge in [0.15, 0.2) is 5.96 Å². The molecule has 0 spiro atoms. The molecule has 0 atom stereocenters. The van der Waals surface area contributed by atoms with Crippen LogP contribution in [-0.2, 0) is 24.2 Å². The van der Waals surface area contributed by atoms with Crippen molar-refractivity contribution in [2.24, 2.45) is 4.99 Å². The molecule has 3 rings (SSSR count). The van der Waals surface area contributed by atoms with Gasteiger partial charge in [0.25, 0.3) is 5.69 Å². The number of morpholine rings is 1. The molecule has 180 valence electrons. The molecular formula is C24H34IN5O3. The maximum atomic E-state index is 10.7. The number of nitrogens with zero attached hydrogens (tertiary/aromatic N) is 3. The Bertz CT molecular complexity index is 886. The molecule has 33 heavy (non-hydrogen) atoms. The highest BCUT2D eigenvalue weighted by Crippen LogP contribution is 2.14. The van der Waals surface area contributed by atoms with Crippen LogP contribution in [-0.4, -0.2) is 55.7 Å². The third-order valence-corrected chi connectivity index (χ3v) is 5.62. The molecule has 1 fully saturated rings. The highest BCUT2D eigenvalue weighted by atomic mass is 127. The summed E-state index contributed by atoms with van der Waals surface area (Å²) >= 11 is 0. The Morgan fingerprint density at radius 2 is 1.76 bits per heavy atom. The summed E-state index contributed by atoms with van der Waals surface area (Å²) in [7, 11) is 1.78. The van der Waals surface area contributed by atoms with Gasteiger partial charge in [-0.05, 0) is 36.0 Å². The van der Waals surface area contributed by atoms with Gasteiger partial charge in [0.2, 0.25) is 0 Å². The van der Waals surface area contributed by atoms with Gasteiger partial charge < -0.3 is 15.4 Å². The van der Waals surface area contributed by atoms with Crippen molar-refractivity contribution in [3.8, 4) is 0 Å². The number of nitro groups is 1. The van der Waals surface area contributed by atoms with Crippen LogP contribution in [0.2, 0.25) is 0 Å². The van der Waals surface area contributed by atoms with E-state index in [1.807, 2.05) is 12.1 Å². The van der Waals surface area contributed by atoms with Crippen LogP contribution in [0.15, 0.2) is 53.5 Å². The fourth-order valence-electron chi connectivity index (χ4n) is 3.73. The molecule has 0 radical (unpaired) electrons. The Balaban J connectivity index is 0.00000385. The second-order valence-electron chi connectivity index (χ2n) is 7.89. The SMILES string of the molecule is CN=C(NCCCCc1ccc([N+](=O)[O-])cc1)NCc1ccccc1CN1CCOCC1.I. The van der Waals surface area contributed by atoms with E-state index in [1.165, 1.54) is 11.1 Å². The molecule has 8 nitrogen and oxygen atoms in total. The smallest absolute Gasteiger partial charge is 0.269 e. The molecule has 1 aliphatic heterocycles. The molecule has 9 heteroatoms. The first-order valence-electron chi connectivity index (χ1n) is 11.2. The number of hydrogen-bond acceptors (Lipinski definition) is 5. The summed E-state index contributed by atoms with van der Waals surface area (Å²) in [6.45, 7) is 6.05. The van der Waals surface area contributed by atoms with E-state index in [0.717, 1.165) is 76.7 Å². The number of nitrogens with one attached hydrogen (secondary N) is 2. The van der Waals surface area contributed by atoms with Gasteiger partial charge in [0.1, 0.15) is 0 Å². The predicted octanol–water partition coefficient (Wildman–Crippen LogP) is 3.73. The average Bonchev–Trinajstić information content (AvgIpc) is 2.82. The maximum Gasteiger partial charge on any atom is 0.269 e. The van der Waals surface area contributed by atoms with Gasteiger partial charge >= 0.3 is 0 Å². The minimum atomic E-state index is -0.368. The lowest BCUT2D eigenvalue weighted by Crippen LogP contribution is -2.38. The van der Waals surface area contributed by atoms with E-state index in [-0.39, 0.29) is 34.6 Å². The van der Waals surface area contributed by atoms with Gasteiger partial charge in [-0.3, -0.25) is 20.0 Å². The summed E-state index contributed by atoms with van der Waals surface area (Å²) in [6, 6.07) is 15.3. The summed E-state index contributed by atoms with van der Waals surface area (Å²) in [5.41, 5.74) is 3.87. The molecule has 2 aromatic carbocycles. The van der Waals surface area contributed by atoms with Gasteiger partial charge in [-0.15, -0.1) is 24.0 Å². The average molecular weight is 567 g/mol. The molecular weight excluding hydrogens is 533 g/mol. The number of aliphatic imine (C=N–C) groups is 1. The number of hydrogen-bond donors (Lipinski definition) is 2. The van der Waals surface area contributed by atoms with Gasteiger partial charge in [-0.1, -0.05) is 36.4 Å². The van der Waals surface area contributed by atoms with Crippen molar-refractivity contribution in [1.82, 2.24) is 15.5 Å². The Kier molecular flexibility index (Phi) is 12.1. The zero-order valence-electron chi connectivity index (χ0n) is 19.2. The first kappa shape index (κ1) is 27.0. The summed E-state index contributed by atoms with van der Waals surface area (Å²) in [6.07, 6.45) is 2.90. The van der Waals surface area contributed by atoms with Crippen molar-refractivity contribution in [2.45, 2.75) is 32.4 Å². The van der Waals surface area contributed by atoms with Crippen LogP contribution in [0.5, 0.6) is 0 Å². The first-order valence-corrected chi connectivity index (χ1v) is 11.2. The Hall–Kier alpha value is -2.24. The van der Waals surface area contributed by atoms with E-state index < -0.39 is 0 Å². The lowest BCUT2D eigenvalue weighted by atomic mass is 10.1. The van der Waals surface area contributed by atoms with E-state index in [4.69, 9.17) is 4.74 Å². The molecule has 0 aromatic heterocycles. The van der Waals surface area contributed by atoms with E-state index >= 15 is 0 Å². The van der Waals surface area contributed by atoms with Crippen LogP contribution in [0.1, 0.15) is 29.5 Å². The Morgan fingerprint density at radius 3 is 2.42 bits per heavy atom. The maximum absolute atomic E-state index is 10.7. The van der Waals surface area contributed by atoms with E-state index in [0.29, 0.717) is 0 Å². The zero-order valence-corrected chi connectivity index (χ0v) is 21.5. The quantitative estimate of drug-likeness (QED) is 0.114. The van der Waals surface area contributed by atoms with E-state index in [1.54, 1.807) is 19.2 Å². The highest BCUT2D eigenvalue weighted by molar-refractivity contribution is 14.0. The van der Waals surface area contributed by atoms with Crippen LogP contribution in [0.4, 0.5) is 5.69 Å². The van der Waals surface area contributed by atoms with Crippen molar-refractivity contribution in [1.29, 1.82) is 0 Å². The topological polar surface area (TPSA) is 92.0 Å². The van der Waals surface area contributed by atoms with Crippen LogP contribution in [0, 0.1) is 10.1 Å². The fourth-order valence-corrected chi connectivity index (χ4v) is 3.73. The lowest BCUT2D eigenvalue weighted by Gasteiger charge is -2.27. The van der Waals surface area contributed by atoms with Crippen molar-refractivity contribution in [2.75, 3.05) is 39.9 Å². The second-order valence-corrected chi connectivity index (χ2v) is 7.89. The number of benzene rings is 2. The van der Waals surface area contributed by atoms with Crippen molar-refractivity contribution in [3.05, 3.63) is 75.3 Å². The summed E-state index contributed by atoms with van der Waals surface area (Å²) in [4.78, 5) is 17.1. The third-order valence-electron chi connectivity index (χ3n) is 5.62. The van der Waals surface area contributed by atoms with Crippen LogP contribution in [0.3, 0.4) is 0 Å². The highest BCUT2D eigenvalue weighted by Gasteiger charge is 2.12. The van der Waals surface area contributed by atoms with Gasteiger partial charge in [-0.25, -0.2) is 0 Å². The molecule has 0 aliphatic carbocycles. The minimum absolute atomic E-state index is 0. The number of nitro benzene ring substituents is 1. The molecule has 1 saturated heterocycles. The van der Waals surface area contributed by atoms with Crippen LogP contribution >= 0.6 is 24.0 Å². The lowest BCUT2D eigenvalue weighted by molar-refractivity contribution is -0.384. The van der Waals surface area contributed by atoms with Crippen molar-refractivity contribution >= 4 is 35.6 Å². The minimum Gasteiger partial charge on any atom is -0.379 e. The Morgan fingerprint density at radius 1 is 1.06 bits per heavy atom. The molecule has 0 unspecified atom stereocenters. The van der Waals surface area contributed by atoms with Gasteiger partial charge in [-0.2, -0.15) is 0 Å². The molecule has 1 aliphatic rings. The van der Waals surface area contributed by atoms with E-state index in [2.05, 4.69) is 44.8 Å². The number of halogens is 1. The molecule has 0 amide bonds. The Labute approximate surface area is 213 Å². The van der Waals surface area contributed by atoms with Crippen LogP contribution < -0.4 is 10.6 Å². The largest absolute Gasteiger partial charge is 0.379 e. The number of rotatable bonds is 10. The standard InChI is InChI=1S/C24H33N5O3.HI/c1-25-24(26-13-5-4-6-20-9-11-23(12-10-20)29(30)31)27-18-21-7-2-3-8-22(21)19-28-14-16-32-17-15-28;/h2-3,7-12H,4-6,13-19H2,1H3,(H2,25,26,27);1H. The molecule has 2 N–H and O–H groups in total. The first-order chi connectivity index (χ1) is 15.7. The number of non-ortho nitro benzene ring substituents is 1. The van der Waals surface area contributed by atoms with Crippen LogP contribution in [0.25, 0.3) is 0 Å². The van der Waals surface area contributed by atoms with Crippen molar-refractivity contribution < 1.29 is 9.66 Å². The number of guanidine groups is 1. The number of unbranched alkanes of at least 4 members (excludes halogenated alkanes) is 1. The molecule has 0 bridgehead atoms. The number of aryl methyl sites for hydroxylation is 1. The molecule has 2 aromatic rings. The summed E-state index contributed by atoms with van der Waals surface area (Å²) in [5, 5.41) is 17.5. The number of ether oxygens (including phenoxy) is 1. The predicted molar refractivity (Wildman–Crippen MR) is 142 cm³/mol. The molecule has 1 heterocycles. The zero-order chi connectivity index (χ0) is 22.6. The van der Waals surface area contributed by atoms with E-state index in [9.17, 15) is 10.1 Å². The monoisotopic (exact) mass is 567 g/mol. The van der Waals surface area contributed by atoms with Gasteiger partial charge in [0, 0.05) is 51.9 Å². The summed E-state index contributed by atoms with van der Waals surface area (Å²) < 4.78 is 5.45. The second kappa shape index (κ2) is 14.8.